The molecular formula is C21H29ClN6O3. The van der Waals surface area contributed by atoms with Crippen molar-refractivity contribution in [1.29, 1.82) is 0 Å². The topological polar surface area (TPSA) is 102 Å². The van der Waals surface area contributed by atoms with Gasteiger partial charge in [0.1, 0.15) is 11.9 Å². The second-order valence-electron chi connectivity index (χ2n) is 8.79. The molecule has 0 radical (unpaired) electrons. The predicted octanol–water partition coefficient (Wildman–Crippen LogP) is 3.02. The summed E-state index contributed by atoms with van der Waals surface area (Å²) in [5.74, 6) is -0.00498. The zero-order chi connectivity index (χ0) is 22.4. The van der Waals surface area contributed by atoms with Crippen LogP contribution in [0.2, 0.25) is 5.02 Å². The summed E-state index contributed by atoms with van der Waals surface area (Å²) < 4.78 is 6.94. The number of aromatic nitrogens is 4. The standard InChI is InChI=1S/C21H29ClN6O3/c1-21(2,3)31-20(30)24-18-8-10-27(11-9-18)19(29)12-16(13-28-14-23-25-26-28)15-4-6-17(22)7-5-15/h4-7,14,16,18H,8-13H2,1-3H3,(H,24,30)/t16-/m1/s1. The molecule has 0 aliphatic carbocycles. The number of benzene rings is 1. The molecule has 1 aromatic heterocycles. The Hall–Kier alpha value is -2.68. The van der Waals surface area contributed by atoms with E-state index in [0.29, 0.717) is 43.9 Å². The first kappa shape index (κ1) is 23.0. The molecule has 1 saturated heterocycles. The number of alkyl carbamates (subject to hydrolysis) is 1. The summed E-state index contributed by atoms with van der Waals surface area (Å²) in [4.78, 5) is 26.9. The Morgan fingerprint density at radius 3 is 2.48 bits per heavy atom. The highest BCUT2D eigenvalue weighted by Crippen LogP contribution is 2.25. The third kappa shape index (κ3) is 7.20. The summed E-state index contributed by atoms with van der Waals surface area (Å²) in [7, 11) is 0. The molecule has 1 atom stereocenters. The van der Waals surface area contributed by atoms with Crippen molar-refractivity contribution >= 4 is 23.6 Å². The fourth-order valence-corrected chi connectivity index (χ4v) is 3.73. The quantitative estimate of drug-likeness (QED) is 0.728. The summed E-state index contributed by atoms with van der Waals surface area (Å²) in [5.41, 5.74) is 0.478. The van der Waals surface area contributed by atoms with Crippen molar-refractivity contribution in [2.45, 2.75) is 64.1 Å². The Bertz CT molecular complexity index is 858. The number of rotatable bonds is 6. The maximum Gasteiger partial charge on any atom is 0.407 e. The Morgan fingerprint density at radius 1 is 1.23 bits per heavy atom. The zero-order valence-corrected chi connectivity index (χ0v) is 18.9. The minimum atomic E-state index is -0.531. The maximum atomic E-state index is 13.0. The molecule has 1 aliphatic heterocycles. The van der Waals surface area contributed by atoms with Crippen LogP contribution in [0.5, 0.6) is 0 Å². The lowest BCUT2D eigenvalue weighted by molar-refractivity contribution is -0.132. The van der Waals surface area contributed by atoms with E-state index in [1.54, 1.807) is 11.0 Å². The third-order valence-electron chi connectivity index (χ3n) is 5.13. The summed E-state index contributed by atoms with van der Waals surface area (Å²) in [6.45, 7) is 7.19. The van der Waals surface area contributed by atoms with Crippen molar-refractivity contribution in [2.24, 2.45) is 0 Å². The van der Waals surface area contributed by atoms with E-state index in [1.165, 1.54) is 0 Å². The van der Waals surface area contributed by atoms with Gasteiger partial charge in [0, 0.05) is 36.5 Å². The van der Waals surface area contributed by atoms with Gasteiger partial charge in [0.2, 0.25) is 5.91 Å². The Balaban J connectivity index is 1.56. The van der Waals surface area contributed by atoms with E-state index in [9.17, 15) is 9.59 Å². The first-order valence-corrected chi connectivity index (χ1v) is 10.8. The largest absolute Gasteiger partial charge is 0.444 e. The Kier molecular flexibility index (Phi) is 7.48. The van der Waals surface area contributed by atoms with Crippen LogP contribution in [0.3, 0.4) is 0 Å². The molecule has 0 spiro atoms. The number of hydrogen-bond acceptors (Lipinski definition) is 6. The minimum Gasteiger partial charge on any atom is -0.444 e. The van der Waals surface area contributed by atoms with Gasteiger partial charge in [-0.25, -0.2) is 9.48 Å². The van der Waals surface area contributed by atoms with Gasteiger partial charge >= 0.3 is 6.09 Å². The van der Waals surface area contributed by atoms with Crippen LogP contribution in [-0.4, -0.2) is 61.8 Å². The average Bonchev–Trinajstić information content (AvgIpc) is 3.20. The van der Waals surface area contributed by atoms with Gasteiger partial charge in [0.05, 0.1) is 6.54 Å². The van der Waals surface area contributed by atoms with E-state index in [4.69, 9.17) is 16.3 Å². The van der Waals surface area contributed by atoms with Crippen molar-refractivity contribution in [2.75, 3.05) is 13.1 Å². The van der Waals surface area contributed by atoms with Gasteiger partial charge in [0.25, 0.3) is 0 Å². The van der Waals surface area contributed by atoms with Crippen LogP contribution >= 0.6 is 11.6 Å². The highest BCUT2D eigenvalue weighted by atomic mass is 35.5. The number of carbonyl (C=O) groups is 2. The number of nitrogens with one attached hydrogen (secondary N) is 1. The zero-order valence-electron chi connectivity index (χ0n) is 18.1. The van der Waals surface area contributed by atoms with Gasteiger partial charge < -0.3 is 15.0 Å². The molecule has 9 nitrogen and oxygen atoms in total. The van der Waals surface area contributed by atoms with Crippen molar-refractivity contribution < 1.29 is 14.3 Å². The van der Waals surface area contributed by atoms with Crippen LogP contribution in [0.4, 0.5) is 4.79 Å². The van der Waals surface area contributed by atoms with Gasteiger partial charge in [-0.2, -0.15) is 0 Å². The Labute approximate surface area is 187 Å². The molecule has 31 heavy (non-hydrogen) atoms. The number of halogens is 1. The molecule has 1 N–H and O–H groups in total. The first-order valence-electron chi connectivity index (χ1n) is 10.4. The monoisotopic (exact) mass is 448 g/mol. The van der Waals surface area contributed by atoms with Gasteiger partial charge in [0.15, 0.2) is 0 Å². The number of hydrogen-bond donors (Lipinski definition) is 1. The van der Waals surface area contributed by atoms with E-state index < -0.39 is 11.7 Å². The number of likely N-dealkylation sites (tertiary alicyclic amines) is 1. The SMILES string of the molecule is CC(C)(C)OC(=O)NC1CCN(C(=O)C[C@H](Cn2cnnn2)c2ccc(Cl)cc2)CC1. The van der Waals surface area contributed by atoms with Gasteiger partial charge in [-0.15, -0.1) is 5.10 Å². The summed E-state index contributed by atoms with van der Waals surface area (Å²) in [6, 6.07) is 7.51. The van der Waals surface area contributed by atoms with Gasteiger partial charge in [-0.05, 0) is 61.7 Å². The molecule has 1 fully saturated rings. The molecule has 2 heterocycles. The molecule has 0 saturated carbocycles. The predicted molar refractivity (Wildman–Crippen MR) is 116 cm³/mol. The summed E-state index contributed by atoms with van der Waals surface area (Å²) >= 11 is 6.02. The molecule has 168 valence electrons. The minimum absolute atomic E-state index is 0.00665. The lowest BCUT2D eigenvalue weighted by Crippen LogP contribution is -2.47. The lowest BCUT2D eigenvalue weighted by atomic mass is 9.94. The van der Waals surface area contributed by atoms with E-state index in [0.717, 1.165) is 5.56 Å². The molecule has 1 aromatic carbocycles. The van der Waals surface area contributed by atoms with Gasteiger partial charge in [-0.3, -0.25) is 4.79 Å². The maximum absolute atomic E-state index is 13.0. The molecule has 2 aromatic rings. The number of nitrogens with zero attached hydrogens (tertiary/aromatic N) is 5. The van der Waals surface area contributed by atoms with Crippen LogP contribution in [0.1, 0.15) is 51.5 Å². The molecule has 2 amide bonds. The van der Waals surface area contributed by atoms with E-state index in [-0.39, 0.29) is 17.9 Å². The van der Waals surface area contributed by atoms with Gasteiger partial charge in [-0.1, -0.05) is 23.7 Å². The van der Waals surface area contributed by atoms with E-state index >= 15 is 0 Å². The van der Waals surface area contributed by atoms with Crippen LogP contribution < -0.4 is 5.32 Å². The molecule has 1 aliphatic rings. The average molecular weight is 449 g/mol. The number of carbonyl (C=O) groups excluding carboxylic acids is 2. The molecular weight excluding hydrogens is 420 g/mol. The second-order valence-corrected chi connectivity index (χ2v) is 9.22. The highest BCUT2D eigenvalue weighted by Gasteiger charge is 2.27. The number of ether oxygens (including phenoxy) is 1. The van der Waals surface area contributed by atoms with E-state index in [1.807, 2.05) is 49.9 Å². The van der Waals surface area contributed by atoms with E-state index in [2.05, 4.69) is 20.8 Å². The molecule has 0 bridgehead atoms. The van der Waals surface area contributed by atoms with Crippen molar-refractivity contribution in [1.82, 2.24) is 30.4 Å². The van der Waals surface area contributed by atoms with Crippen molar-refractivity contribution in [3.63, 3.8) is 0 Å². The molecule has 3 rings (SSSR count). The summed E-state index contributed by atoms with van der Waals surface area (Å²) in [5, 5.41) is 14.8. The van der Waals surface area contributed by atoms with Crippen molar-refractivity contribution in [3.8, 4) is 0 Å². The smallest absolute Gasteiger partial charge is 0.407 e. The van der Waals surface area contributed by atoms with Crippen LogP contribution in [0, 0.1) is 0 Å². The fourth-order valence-electron chi connectivity index (χ4n) is 3.60. The van der Waals surface area contributed by atoms with Crippen LogP contribution in [-0.2, 0) is 16.1 Å². The first-order chi connectivity index (χ1) is 14.7. The third-order valence-corrected chi connectivity index (χ3v) is 5.38. The summed E-state index contributed by atoms with van der Waals surface area (Å²) in [6.07, 6.45) is 2.86. The lowest BCUT2D eigenvalue weighted by Gasteiger charge is -2.33. The van der Waals surface area contributed by atoms with Crippen LogP contribution in [0.15, 0.2) is 30.6 Å². The number of tetrazole rings is 1. The van der Waals surface area contributed by atoms with Crippen LogP contribution in [0.25, 0.3) is 0 Å². The molecule has 0 unspecified atom stereocenters. The number of piperidine rings is 1. The number of amides is 2. The fraction of sp³-hybridized carbons (Fsp3) is 0.571. The second kappa shape index (κ2) is 10.1. The normalized spacial score (nSPS) is 16.1. The van der Waals surface area contributed by atoms with Crippen molar-refractivity contribution in [3.05, 3.63) is 41.2 Å². The Morgan fingerprint density at radius 2 is 1.90 bits per heavy atom. The highest BCUT2D eigenvalue weighted by molar-refractivity contribution is 6.30. The molecule has 10 heteroatoms.